The van der Waals surface area contributed by atoms with E-state index in [9.17, 15) is 18.0 Å². The average Bonchev–Trinajstić information content (AvgIpc) is 2.45. The number of halogens is 3. The van der Waals surface area contributed by atoms with Crippen molar-refractivity contribution in [3.63, 3.8) is 0 Å². The molecule has 0 saturated carbocycles. The predicted molar refractivity (Wildman–Crippen MR) is 78.0 cm³/mol. The molecule has 0 aliphatic heterocycles. The van der Waals surface area contributed by atoms with Crippen molar-refractivity contribution in [3.05, 3.63) is 66.3 Å². The van der Waals surface area contributed by atoms with Crippen LogP contribution in [-0.2, 0) is 4.79 Å². The van der Waals surface area contributed by atoms with Crippen LogP contribution < -0.4 is 0 Å². The quantitative estimate of drug-likeness (QED) is 0.837. The highest BCUT2D eigenvalue weighted by molar-refractivity contribution is 5.80. The summed E-state index contributed by atoms with van der Waals surface area (Å²) in [6.07, 6.45) is 0.654. The molecule has 22 heavy (non-hydrogen) atoms. The van der Waals surface area contributed by atoms with Gasteiger partial charge in [-0.3, -0.25) is 0 Å². The minimum Gasteiger partial charge on any atom is -0.478 e. The third-order valence-electron chi connectivity index (χ3n) is 3.82. The lowest BCUT2D eigenvalue weighted by Gasteiger charge is -2.37. The number of carbonyl (C=O) groups is 1. The van der Waals surface area contributed by atoms with Crippen molar-refractivity contribution < 1.29 is 23.1 Å². The Morgan fingerprint density at radius 3 is 2.41 bits per heavy atom. The van der Waals surface area contributed by atoms with Crippen LogP contribution in [0.5, 0.6) is 0 Å². The molecule has 0 radical (unpaired) electrons. The van der Waals surface area contributed by atoms with Crippen molar-refractivity contribution in [1.29, 1.82) is 0 Å². The molecule has 2 rings (SSSR count). The molecule has 2 unspecified atom stereocenters. The highest BCUT2D eigenvalue weighted by Crippen LogP contribution is 2.50. The zero-order valence-corrected chi connectivity index (χ0v) is 11.8. The molecule has 2 nitrogen and oxygen atoms in total. The molecule has 0 amide bonds. The number of hydrogen-bond donors (Lipinski definition) is 1. The van der Waals surface area contributed by atoms with Crippen molar-refractivity contribution in [2.45, 2.75) is 13.1 Å². The van der Waals surface area contributed by atoms with Crippen molar-refractivity contribution >= 4 is 11.5 Å². The molecular formula is C17H15F3O2. The summed E-state index contributed by atoms with van der Waals surface area (Å²) in [6, 6.07) is 9.08. The van der Waals surface area contributed by atoms with E-state index in [1.807, 2.05) is 30.3 Å². The summed E-state index contributed by atoms with van der Waals surface area (Å²) < 4.78 is 40.5. The van der Waals surface area contributed by atoms with Crippen LogP contribution in [-0.4, -0.2) is 17.3 Å². The summed E-state index contributed by atoms with van der Waals surface area (Å²) in [7, 11) is 0. The van der Waals surface area contributed by atoms with Crippen molar-refractivity contribution in [2.75, 3.05) is 0 Å². The molecule has 116 valence electrons. The topological polar surface area (TPSA) is 37.3 Å². The van der Waals surface area contributed by atoms with Gasteiger partial charge in [0.05, 0.1) is 0 Å². The Labute approximate surface area is 126 Å². The molecule has 1 N–H and O–H groups in total. The first-order valence-corrected chi connectivity index (χ1v) is 6.71. The number of alkyl halides is 3. The van der Waals surface area contributed by atoms with E-state index in [0.29, 0.717) is 11.6 Å². The smallest absolute Gasteiger partial charge is 0.401 e. The highest BCUT2D eigenvalue weighted by atomic mass is 19.4. The first-order valence-electron chi connectivity index (χ1n) is 6.71. The van der Waals surface area contributed by atoms with Gasteiger partial charge in [-0.2, -0.15) is 13.2 Å². The third kappa shape index (κ3) is 2.98. The number of carboxylic acids is 1. The zero-order chi connectivity index (χ0) is 16.4. The van der Waals surface area contributed by atoms with Crippen molar-refractivity contribution in [1.82, 2.24) is 0 Å². The largest absolute Gasteiger partial charge is 0.478 e. The van der Waals surface area contributed by atoms with Gasteiger partial charge in [0, 0.05) is 6.08 Å². The first kappa shape index (κ1) is 16.1. The molecule has 1 aliphatic rings. The summed E-state index contributed by atoms with van der Waals surface area (Å²) in [5, 5.41) is 8.65. The van der Waals surface area contributed by atoms with Gasteiger partial charge in [-0.05, 0) is 17.1 Å². The van der Waals surface area contributed by atoms with Crippen LogP contribution in [0.15, 0.2) is 60.7 Å². The fraction of sp³-hybridized carbons (Fsp3) is 0.235. The minimum absolute atomic E-state index is 0.551. The first-order chi connectivity index (χ1) is 10.3. The van der Waals surface area contributed by atoms with Crippen LogP contribution >= 0.6 is 0 Å². The maximum Gasteiger partial charge on any atom is 0.401 e. The maximum absolute atomic E-state index is 13.5. The molecule has 0 bridgehead atoms. The number of carboxylic acid groups (broad SMARTS) is 1. The summed E-state index contributed by atoms with van der Waals surface area (Å²) in [6.45, 7) is 1.44. The summed E-state index contributed by atoms with van der Waals surface area (Å²) >= 11 is 0. The average molecular weight is 308 g/mol. The number of allylic oxidation sites excluding steroid dienone is 5. The van der Waals surface area contributed by atoms with Gasteiger partial charge in [0.2, 0.25) is 0 Å². The van der Waals surface area contributed by atoms with Crippen LogP contribution in [0.3, 0.4) is 0 Å². The van der Waals surface area contributed by atoms with E-state index in [4.69, 9.17) is 5.11 Å². The van der Waals surface area contributed by atoms with Gasteiger partial charge in [0.25, 0.3) is 0 Å². The number of rotatable bonds is 3. The second-order valence-electron chi connectivity index (χ2n) is 5.21. The van der Waals surface area contributed by atoms with E-state index in [1.165, 1.54) is 19.1 Å². The zero-order valence-electron chi connectivity index (χ0n) is 11.8. The normalized spacial score (nSPS) is 25.3. The molecule has 1 aromatic rings. The van der Waals surface area contributed by atoms with Gasteiger partial charge in [0.1, 0.15) is 5.41 Å². The minimum atomic E-state index is -4.58. The molecule has 5 heteroatoms. The van der Waals surface area contributed by atoms with E-state index in [1.54, 1.807) is 0 Å². The standard InChI is InChI=1S/C17H15F3O2/c1-12-11-14(13-5-3-2-4-6-13)7-9-16(12,17(18,19)20)10-8-15(21)22/h2-12H,1H3,(H,21,22). The van der Waals surface area contributed by atoms with Gasteiger partial charge in [-0.15, -0.1) is 0 Å². The van der Waals surface area contributed by atoms with Gasteiger partial charge in [-0.25, -0.2) is 4.79 Å². The SMILES string of the molecule is CC1C=C(c2ccccc2)C=CC1(C=CC(=O)O)C(F)(F)F. The van der Waals surface area contributed by atoms with Gasteiger partial charge < -0.3 is 5.11 Å². The Hall–Kier alpha value is -2.30. The fourth-order valence-corrected chi connectivity index (χ4v) is 2.53. The van der Waals surface area contributed by atoms with Crippen molar-refractivity contribution in [2.24, 2.45) is 11.3 Å². The van der Waals surface area contributed by atoms with Gasteiger partial charge in [0.15, 0.2) is 0 Å². The summed E-state index contributed by atoms with van der Waals surface area (Å²) in [5.74, 6) is -2.31. The summed E-state index contributed by atoms with van der Waals surface area (Å²) in [4.78, 5) is 10.6. The lowest BCUT2D eigenvalue weighted by Crippen LogP contribution is -2.41. The molecule has 0 aromatic heterocycles. The van der Waals surface area contributed by atoms with Crippen LogP contribution in [0.2, 0.25) is 0 Å². The van der Waals surface area contributed by atoms with Crippen molar-refractivity contribution in [3.8, 4) is 0 Å². The second kappa shape index (κ2) is 5.83. The molecule has 1 aromatic carbocycles. The van der Waals surface area contributed by atoms with Gasteiger partial charge >= 0.3 is 12.1 Å². The Kier molecular flexibility index (Phi) is 4.26. The maximum atomic E-state index is 13.5. The van der Waals surface area contributed by atoms with E-state index in [-0.39, 0.29) is 0 Å². The predicted octanol–water partition coefficient (Wildman–Crippen LogP) is 4.47. The van der Waals surface area contributed by atoms with E-state index in [2.05, 4.69) is 0 Å². The van der Waals surface area contributed by atoms with Crippen LogP contribution in [0.25, 0.3) is 5.57 Å². The number of hydrogen-bond acceptors (Lipinski definition) is 1. The van der Waals surface area contributed by atoms with Crippen LogP contribution in [0, 0.1) is 11.3 Å². The molecule has 0 fully saturated rings. The Bertz CT molecular complexity index is 642. The molecular weight excluding hydrogens is 293 g/mol. The van der Waals surface area contributed by atoms with Gasteiger partial charge in [-0.1, -0.05) is 61.6 Å². The Morgan fingerprint density at radius 1 is 1.27 bits per heavy atom. The third-order valence-corrected chi connectivity index (χ3v) is 3.82. The highest BCUT2D eigenvalue weighted by Gasteiger charge is 2.55. The van der Waals surface area contributed by atoms with E-state index < -0.39 is 23.5 Å². The Balaban J connectivity index is 2.43. The monoisotopic (exact) mass is 308 g/mol. The van der Waals surface area contributed by atoms with Crippen LogP contribution in [0.1, 0.15) is 12.5 Å². The molecule has 2 atom stereocenters. The number of benzene rings is 1. The molecule has 1 aliphatic carbocycles. The Morgan fingerprint density at radius 2 is 1.91 bits per heavy atom. The second-order valence-corrected chi connectivity index (χ2v) is 5.21. The fourth-order valence-electron chi connectivity index (χ4n) is 2.53. The lowest BCUT2D eigenvalue weighted by atomic mass is 9.71. The molecule has 0 saturated heterocycles. The number of aliphatic carboxylic acids is 1. The molecule has 0 spiro atoms. The van der Waals surface area contributed by atoms with Crippen LogP contribution in [0.4, 0.5) is 13.2 Å². The summed E-state index contributed by atoms with van der Waals surface area (Å²) in [5.41, 5.74) is -0.788. The lowest BCUT2D eigenvalue weighted by molar-refractivity contribution is -0.199. The molecule has 0 heterocycles. The van der Waals surface area contributed by atoms with E-state index in [0.717, 1.165) is 17.7 Å². The van der Waals surface area contributed by atoms with E-state index >= 15 is 0 Å².